The van der Waals surface area contributed by atoms with Crippen molar-refractivity contribution < 1.29 is 0 Å². The zero-order valence-corrected chi connectivity index (χ0v) is 13.5. The van der Waals surface area contributed by atoms with Crippen LogP contribution >= 0.6 is 11.6 Å². The van der Waals surface area contributed by atoms with Gasteiger partial charge in [-0.2, -0.15) is 0 Å². The van der Waals surface area contributed by atoms with E-state index in [0.717, 1.165) is 35.2 Å². The molecule has 2 heterocycles. The van der Waals surface area contributed by atoms with Gasteiger partial charge in [0.15, 0.2) is 0 Å². The van der Waals surface area contributed by atoms with Crippen LogP contribution in [-0.4, -0.2) is 9.38 Å². The Kier molecular flexibility index (Phi) is 3.31. The molecule has 114 valence electrons. The Balaban J connectivity index is 1.88. The lowest BCUT2D eigenvalue weighted by atomic mass is 10.1. The number of fused-ring (bicyclic) bond motifs is 2. The van der Waals surface area contributed by atoms with Crippen LogP contribution in [0.5, 0.6) is 0 Å². The van der Waals surface area contributed by atoms with Gasteiger partial charge in [0, 0.05) is 11.8 Å². The highest BCUT2D eigenvalue weighted by molar-refractivity contribution is 6.30. The first-order chi connectivity index (χ1) is 11.1. The second-order valence-corrected chi connectivity index (χ2v) is 6.34. The molecule has 0 unspecified atom stereocenters. The summed E-state index contributed by atoms with van der Waals surface area (Å²) in [6.07, 6.45) is 5.34. The highest BCUT2D eigenvalue weighted by Crippen LogP contribution is 2.30. The summed E-state index contributed by atoms with van der Waals surface area (Å²) in [7, 11) is 0. The average molecular weight is 323 g/mol. The van der Waals surface area contributed by atoms with Crippen LogP contribution in [0.25, 0.3) is 17.3 Å². The Labute approximate surface area is 138 Å². The summed E-state index contributed by atoms with van der Waals surface area (Å²) < 4.78 is 1.54. The van der Waals surface area contributed by atoms with Gasteiger partial charge in [0.1, 0.15) is 5.65 Å². The summed E-state index contributed by atoms with van der Waals surface area (Å²) in [6, 6.07) is 11.9. The fourth-order valence-electron chi connectivity index (χ4n) is 3.02. The highest BCUT2D eigenvalue weighted by Gasteiger charge is 2.22. The van der Waals surface area contributed by atoms with Crippen molar-refractivity contribution in [1.29, 1.82) is 0 Å². The van der Waals surface area contributed by atoms with Gasteiger partial charge >= 0.3 is 0 Å². The molecule has 1 aromatic carbocycles. The van der Waals surface area contributed by atoms with E-state index in [1.165, 1.54) is 9.96 Å². The largest absolute Gasteiger partial charge is 0.269 e. The lowest BCUT2D eigenvalue weighted by molar-refractivity contribution is 0.971. The van der Waals surface area contributed by atoms with E-state index in [2.05, 4.69) is 42.2 Å². The molecule has 0 spiro atoms. The fourth-order valence-corrected chi connectivity index (χ4v) is 3.18. The van der Waals surface area contributed by atoms with Crippen molar-refractivity contribution in [3.63, 3.8) is 0 Å². The lowest BCUT2D eigenvalue weighted by Crippen LogP contribution is -2.19. The predicted molar refractivity (Wildman–Crippen MR) is 93.8 cm³/mol. The van der Waals surface area contributed by atoms with Crippen LogP contribution in [0, 0.1) is 6.92 Å². The molecule has 3 nitrogen and oxygen atoms in total. The van der Waals surface area contributed by atoms with Crippen LogP contribution in [0.2, 0.25) is 5.02 Å². The number of aryl methyl sites for hydroxylation is 1. The molecule has 4 rings (SSSR count). The quantitative estimate of drug-likeness (QED) is 0.674. The second kappa shape index (κ2) is 5.36. The van der Waals surface area contributed by atoms with E-state index >= 15 is 0 Å². The summed E-state index contributed by atoms with van der Waals surface area (Å²) in [5.74, 6) is 0. The summed E-state index contributed by atoms with van der Waals surface area (Å²) in [6.45, 7) is 2.07. The van der Waals surface area contributed by atoms with Crippen LogP contribution < -0.4 is 5.56 Å². The van der Waals surface area contributed by atoms with Crippen LogP contribution in [0.4, 0.5) is 0 Å². The zero-order valence-electron chi connectivity index (χ0n) is 12.7. The maximum absolute atomic E-state index is 12.7. The van der Waals surface area contributed by atoms with Crippen molar-refractivity contribution in [2.75, 3.05) is 0 Å². The number of hydrogen-bond donors (Lipinski definition) is 0. The first-order valence-electron chi connectivity index (χ1n) is 7.60. The number of pyridine rings is 1. The normalized spacial score (nSPS) is 15.3. The molecule has 0 saturated carbocycles. The molecule has 0 bridgehead atoms. The van der Waals surface area contributed by atoms with Gasteiger partial charge in [-0.25, -0.2) is 4.98 Å². The summed E-state index contributed by atoms with van der Waals surface area (Å²) >= 11 is 5.99. The number of hydrogen-bond acceptors (Lipinski definition) is 2. The van der Waals surface area contributed by atoms with Crippen molar-refractivity contribution >= 4 is 28.9 Å². The van der Waals surface area contributed by atoms with Gasteiger partial charge in [0.05, 0.1) is 10.7 Å². The lowest BCUT2D eigenvalue weighted by Gasteiger charge is -2.05. The molecule has 0 N–H and O–H groups in total. The monoisotopic (exact) mass is 322 g/mol. The first kappa shape index (κ1) is 14.2. The number of nitrogens with zero attached hydrogens (tertiary/aromatic N) is 2. The molecule has 2 aromatic heterocycles. The molecule has 0 aliphatic heterocycles. The van der Waals surface area contributed by atoms with Crippen LogP contribution in [0.15, 0.2) is 47.4 Å². The molecule has 1 aliphatic rings. The van der Waals surface area contributed by atoms with E-state index in [-0.39, 0.29) is 5.56 Å². The van der Waals surface area contributed by atoms with Crippen LogP contribution in [-0.2, 0) is 6.42 Å². The first-order valence-corrected chi connectivity index (χ1v) is 7.98. The zero-order chi connectivity index (χ0) is 16.0. The third kappa shape index (κ3) is 2.47. The fraction of sp³-hybridized carbons (Fsp3) is 0.158. The topological polar surface area (TPSA) is 34.4 Å². The Morgan fingerprint density at radius 3 is 2.70 bits per heavy atom. The standard InChI is InChI=1S/C19H15ClN2O/c1-12-2-4-13(5-3-12)10-14-6-8-16-18(14)21-17-9-7-15(20)11-22(17)19(16)23/h2-5,7,9-11H,6,8H2,1H3. The Morgan fingerprint density at radius 2 is 1.91 bits per heavy atom. The van der Waals surface area contributed by atoms with Gasteiger partial charge in [0.2, 0.25) is 0 Å². The van der Waals surface area contributed by atoms with E-state index in [1.807, 2.05) is 0 Å². The van der Waals surface area contributed by atoms with E-state index < -0.39 is 0 Å². The van der Waals surface area contributed by atoms with E-state index in [9.17, 15) is 4.79 Å². The molecule has 0 radical (unpaired) electrons. The number of benzene rings is 1. The van der Waals surface area contributed by atoms with Crippen LogP contribution in [0.1, 0.15) is 28.8 Å². The average Bonchev–Trinajstić information content (AvgIpc) is 2.94. The minimum atomic E-state index is -0.0141. The van der Waals surface area contributed by atoms with Crippen molar-refractivity contribution in [2.24, 2.45) is 0 Å². The van der Waals surface area contributed by atoms with Crippen molar-refractivity contribution in [3.8, 4) is 0 Å². The molecular formula is C19H15ClN2O. The van der Waals surface area contributed by atoms with Gasteiger partial charge in [-0.05, 0) is 49.1 Å². The highest BCUT2D eigenvalue weighted by atomic mass is 35.5. The number of rotatable bonds is 1. The van der Waals surface area contributed by atoms with Gasteiger partial charge in [-0.1, -0.05) is 41.4 Å². The van der Waals surface area contributed by atoms with Gasteiger partial charge in [0.25, 0.3) is 5.56 Å². The minimum Gasteiger partial charge on any atom is -0.269 e. The van der Waals surface area contributed by atoms with E-state index in [1.54, 1.807) is 18.3 Å². The molecule has 4 heteroatoms. The Morgan fingerprint density at radius 1 is 1.13 bits per heavy atom. The molecule has 0 atom stereocenters. The molecule has 1 aliphatic carbocycles. The Bertz CT molecular complexity index is 1000. The van der Waals surface area contributed by atoms with Gasteiger partial charge < -0.3 is 0 Å². The Hall–Kier alpha value is -2.39. The van der Waals surface area contributed by atoms with Crippen LogP contribution in [0.3, 0.4) is 0 Å². The number of aromatic nitrogens is 2. The second-order valence-electron chi connectivity index (χ2n) is 5.90. The molecule has 0 fully saturated rings. The molecule has 0 saturated heterocycles. The smallest absolute Gasteiger partial charge is 0.261 e. The van der Waals surface area contributed by atoms with Crippen molar-refractivity contribution in [2.45, 2.75) is 19.8 Å². The molecular weight excluding hydrogens is 308 g/mol. The predicted octanol–water partition coefficient (Wildman–Crippen LogP) is 4.14. The van der Waals surface area contributed by atoms with Crippen molar-refractivity contribution in [3.05, 3.63) is 80.4 Å². The van der Waals surface area contributed by atoms with E-state index in [4.69, 9.17) is 11.6 Å². The minimum absolute atomic E-state index is 0.0141. The summed E-state index contributed by atoms with van der Waals surface area (Å²) in [5, 5.41) is 0.537. The molecule has 23 heavy (non-hydrogen) atoms. The number of allylic oxidation sites excluding steroid dienone is 1. The van der Waals surface area contributed by atoms with Gasteiger partial charge in [-0.15, -0.1) is 0 Å². The SMILES string of the molecule is Cc1ccc(C=C2CCc3c2nc2ccc(Cl)cn2c3=O)cc1. The maximum Gasteiger partial charge on any atom is 0.261 e. The maximum atomic E-state index is 12.7. The van der Waals surface area contributed by atoms with Crippen molar-refractivity contribution in [1.82, 2.24) is 9.38 Å². The third-order valence-electron chi connectivity index (χ3n) is 4.25. The summed E-state index contributed by atoms with van der Waals surface area (Å²) in [5.41, 5.74) is 5.73. The molecule has 0 amide bonds. The molecule has 3 aromatic rings. The van der Waals surface area contributed by atoms with E-state index in [0.29, 0.717) is 10.7 Å². The summed E-state index contributed by atoms with van der Waals surface area (Å²) in [4.78, 5) is 17.3. The number of halogens is 1. The van der Waals surface area contributed by atoms with Gasteiger partial charge in [-0.3, -0.25) is 9.20 Å². The third-order valence-corrected chi connectivity index (χ3v) is 4.47.